The number of sulfone groups is 1. The van der Waals surface area contributed by atoms with Gasteiger partial charge < -0.3 is 10.1 Å². The van der Waals surface area contributed by atoms with Gasteiger partial charge in [0.25, 0.3) is 5.91 Å². The number of aryl methyl sites for hydroxylation is 1. The topological polar surface area (TPSA) is 85.4 Å². The van der Waals surface area contributed by atoms with Crippen molar-refractivity contribution in [3.8, 4) is 5.75 Å². The van der Waals surface area contributed by atoms with Crippen LogP contribution in [0.5, 0.6) is 5.75 Å². The average molecular weight is 453 g/mol. The van der Waals surface area contributed by atoms with Crippen LogP contribution in [-0.4, -0.2) is 26.4 Å². The summed E-state index contributed by atoms with van der Waals surface area (Å²) in [6.45, 7) is 2.10. The molecule has 0 bridgehead atoms. The van der Waals surface area contributed by atoms with Crippen molar-refractivity contribution in [1.82, 2.24) is 10.3 Å². The predicted molar refractivity (Wildman–Crippen MR) is 120 cm³/mol. The van der Waals surface area contributed by atoms with E-state index in [0.717, 1.165) is 21.2 Å². The maximum atomic E-state index is 12.9. The third kappa shape index (κ3) is 4.30. The quantitative estimate of drug-likeness (QED) is 0.469. The summed E-state index contributed by atoms with van der Waals surface area (Å²) >= 11 is 1.38. The van der Waals surface area contributed by atoms with E-state index in [1.165, 1.54) is 17.4 Å². The summed E-state index contributed by atoms with van der Waals surface area (Å²) < 4.78 is 32.0. The lowest BCUT2D eigenvalue weighted by molar-refractivity contribution is 0.0955. The number of carbonyl (C=O) groups is 1. The molecule has 0 saturated carbocycles. The fraction of sp³-hybridized carbons (Fsp3) is 0.130. The lowest BCUT2D eigenvalue weighted by atomic mass is 10.2. The van der Waals surface area contributed by atoms with Gasteiger partial charge in [-0.25, -0.2) is 8.42 Å². The molecule has 158 valence electrons. The van der Waals surface area contributed by atoms with Gasteiger partial charge in [0.2, 0.25) is 9.84 Å². The predicted octanol–water partition coefficient (Wildman–Crippen LogP) is 4.38. The van der Waals surface area contributed by atoms with Gasteiger partial charge in [0, 0.05) is 18.9 Å². The molecule has 4 aromatic rings. The van der Waals surface area contributed by atoms with Gasteiger partial charge in [-0.1, -0.05) is 12.1 Å². The third-order valence-corrected chi connectivity index (χ3v) is 7.76. The number of carbonyl (C=O) groups excluding carboxylic acids is 1. The average Bonchev–Trinajstić information content (AvgIpc) is 3.22. The fourth-order valence-corrected chi connectivity index (χ4v) is 5.50. The van der Waals surface area contributed by atoms with Crippen molar-refractivity contribution in [1.29, 1.82) is 0 Å². The molecule has 0 fully saturated rings. The Balaban J connectivity index is 1.46. The van der Waals surface area contributed by atoms with Gasteiger partial charge in [-0.2, -0.15) is 0 Å². The summed E-state index contributed by atoms with van der Waals surface area (Å²) in [4.78, 5) is 17.5. The maximum Gasteiger partial charge on any atom is 0.261 e. The first kappa shape index (κ1) is 21.0. The molecular formula is C23H20N2O4S2. The van der Waals surface area contributed by atoms with E-state index in [1.54, 1.807) is 62.8 Å². The van der Waals surface area contributed by atoms with Crippen LogP contribution in [0.25, 0.3) is 10.1 Å². The van der Waals surface area contributed by atoms with Gasteiger partial charge in [-0.05, 0) is 65.9 Å². The molecule has 0 saturated heterocycles. The minimum absolute atomic E-state index is 0.174. The van der Waals surface area contributed by atoms with Crippen LogP contribution >= 0.6 is 11.3 Å². The van der Waals surface area contributed by atoms with Crippen molar-refractivity contribution in [3.63, 3.8) is 0 Å². The van der Waals surface area contributed by atoms with Gasteiger partial charge in [0.1, 0.15) is 5.75 Å². The normalized spacial score (nSPS) is 11.4. The van der Waals surface area contributed by atoms with Crippen molar-refractivity contribution in [2.75, 3.05) is 7.11 Å². The fourth-order valence-electron chi connectivity index (χ4n) is 3.21. The first-order valence-electron chi connectivity index (χ1n) is 9.49. The van der Waals surface area contributed by atoms with Crippen LogP contribution in [0, 0.1) is 6.92 Å². The first-order valence-corrected chi connectivity index (χ1v) is 11.8. The minimum atomic E-state index is -3.64. The Bertz CT molecular complexity index is 1330. The number of nitrogens with one attached hydrogen (secondary N) is 1. The number of benzene rings is 2. The molecule has 8 heteroatoms. The lowest BCUT2D eigenvalue weighted by Crippen LogP contribution is -2.21. The molecular weight excluding hydrogens is 432 g/mol. The smallest absolute Gasteiger partial charge is 0.261 e. The largest absolute Gasteiger partial charge is 0.496 e. The molecule has 0 radical (unpaired) electrons. The Hall–Kier alpha value is -3.23. The number of rotatable bonds is 6. The zero-order chi connectivity index (χ0) is 22.0. The molecule has 2 aromatic carbocycles. The zero-order valence-electron chi connectivity index (χ0n) is 17.0. The summed E-state index contributed by atoms with van der Waals surface area (Å²) in [5.74, 6) is 0.464. The van der Waals surface area contributed by atoms with Gasteiger partial charge in [0.15, 0.2) is 0 Å². The number of ether oxygens (including phenoxy) is 1. The summed E-state index contributed by atoms with van der Waals surface area (Å²) in [5.41, 5.74) is 1.56. The van der Waals surface area contributed by atoms with Crippen LogP contribution < -0.4 is 10.1 Å². The van der Waals surface area contributed by atoms with E-state index in [2.05, 4.69) is 10.3 Å². The second-order valence-electron chi connectivity index (χ2n) is 6.99. The number of aromatic nitrogens is 1. The Morgan fingerprint density at radius 3 is 2.48 bits per heavy atom. The third-order valence-electron chi connectivity index (χ3n) is 4.91. The number of thiophene rings is 1. The van der Waals surface area contributed by atoms with E-state index in [9.17, 15) is 13.2 Å². The van der Waals surface area contributed by atoms with E-state index < -0.39 is 9.84 Å². The summed E-state index contributed by atoms with van der Waals surface area (Å²) in [7, 11) is -2.09. The highest BCUT2D eigenvalue weighted by molar-refractivity contribution is 7.91. The lowest BCUT2D eigenvalue weighted by Gasteiger charge is -2.09. The Morgan fingerprint density at radius 1 is 1.06 bits per heavy atom. The first-order chi connectivity index (χ1) is 14.9. The molecule has 6 nitrogen and oxygen atoms in total. The second kappa shape index (κ2) is 8.49. The second-order valence-corrected chi connectivity index (χ2v) is 10.0. The van der Waals surface area contributed by atoms with Gasteiger partial charge in [0.05, 0.1) is 26.5 Å². The molecule has 0 spiro atoms. The molecule has 0 aliphatic carbocycles. The van der Waals surface area contributed by atoms with E-state index in [0.29, 0.717) is 17.2 Å². The van der Waals surface area contributed by atoms with Crippen molar-refractivity contribution in [2.24, 2.45) is 0 Å². The minimum Gasteiger partial charge on any atom is -0.496 e. The summed E-state index contributed by atoms with van der Waals surface area (Å²) in [6.07, 6.45) is 3.43. The molecule has 0 aliphatic heterocycles. The van der Waals surface area contributed by atoms with Gasteiger partial charge >= 0.3 is 0 Å². The van der Waals surface area contributed by atoms with Gasteiger partial charge in [-0.3, -0.25) is 9.78 Å². The van der Waals surface area contributed by atoms with Crippen molar-refractivity contribution >= 4 is 37.2 Å². The highest BCUT2D eigenvalue weighted by Crippen LogP contribution is 2.27. The van der Waals surface area contributed by atoms with E-state index in [1.807, 2.05) is 12.1 Å². The zero-order valence-corrected chi connectivity index (χ0v) is 18.6. The monoisotopic (exact) mass is 452 g/mol. The SMILES string of the molecule is COc1ccc(S(=O)(=O)c2ccc(CNC(=O)c3cc4ccncc4s3)cc2)cc1C. The van der Waals surface area contributed by atoms with E-state index in [-0.39, 0.29) is 15.7 Å². The van der Waals surface area contributed by atoms with Crippen molar-refractivity contribution in [3.05, 3.63) is 83.0 Å². The van der Waals surface area contributed by atoms with Crippen molar-refractivity contribution < 1.29 is 17.9 Å². The van der Waals surface area contributed by atoms with Gasteiger partial charge in [-0.15, -0.1) is 11.3 Å². The number of pyridine rings is 1. The van der Waals surface area contributed by atoms with Crippen LogP contribution in [0.1, 0.15) is 20.8 Å². The van der Waals surface area contributed by atoms with Crippen LogP contribution in [-0.2, 0) is 16.4 Å². The highest BCUT2D eigenvalue weighted by atomic mass is 32.2. The van der Waals surface area contributed by atoms with Crippen LogP contribution in [0.3, 0.4) is 0 Å². The number of nitrogens with zero attached hydrogens (tertiary/aromatic N) is 1. The number of amides is 1. The summed E-state index contributed by atoms with van der Waals surface area (Å²) in [6, 6.07) is 15.0. The highest BCUT2D eigenvalue weighted by Gasteiger charge is 2.19. The number of hydrogen-bond acceptors (Lipinski definition) is 6. The van der Waals surface area contributed by atoms with Crippen molar-refractivity contribution in [2.45, 2.75) is 23.3 Å². The standard InChI is InChI=1S/C23H20N2O4S2/c1-15-11-19(7-8-20(15)29-2)31(27,28)18-5-3-16(4-6-18)13-25-23(26)21-12-17-9-10-24-14-22(17)30-21/h3-12,14H,13H2,1-2H3,(H,25,26). The Labute approximate surface area is 184 Å². The van der Waals surface area contributed by atoms with E-state index in [4.69, 9.17) is 4.74 Å². The summed E-state index contributed by atoms with van der Waals surface area (Å²) in [5, 5.41) is 3.85. The number of hydrogen-bond donors (Lipinski definition) is 1. The molecule has 0 atom stereocenters. The van der Waals surface area contributed by atoms with Crippen LogP contribution in [0.15, 0.2) is 76.8 Å². The van der Waals surface area contributed by atoms with Crippen LogP contribution in [0.2, 0.25) is 0 Å². The molecule has 31 heavy (non-hydrogen) atoms. The number of methoxy groups -OCH3 is 1. The molecule has 2 heterocycles. The maximum absolute atomic E-state index is 12.9. The molecule has 1 amide bonds. The molecule has 2 aromatic heterocycles. The van der Waals surface area contributed by atoms with E-state index >= 15 is 0 Å². The molecule has 4 rings (SSSR count). The molecule has 0 unspecified atom stereocenters. The Morgan fingerprint density at radius 2 is 1.81 bits per heavy atom. The van der Waals surface area contributed by atoms with Crippen LogP contribution in [0.4, 0.5) is 0 Å². The number of fused-ring (bicyclic) bond motifs is 1. The Kier molecular flexibility index (Phi) is 5.75. The molecule has 0 aliphatic rings. The molecule has 1 N–H and O–H groups in total.